The predicted molar refractivity (Wildman–Crippen MR) is 91.7 cm³/mol. The van der Waals surface area contributed by atoms with Gasteiger partial charge in [0.05, 0.1) is 13.2 Å². The molecule has 0 saturated carbocycles. The fourth-order valence-electron chi connectivity index (χ4n) is 2.05. The van der Waals surface area contributed by atoms with Crippen molar-refractivity contribution in [2.75, 3.05) is 18.5 Å². The van der Waals surface area contributed by atoms with E-state index in [-0.39, 0.29) is 0 Å². The molecule has 0 bridgehead atoms. The summed E-state index contributed by atoms with van der Waals surface area (Å²) in [6.45, 7) is 8.49. The third-order valence-corrected chi connectivity index (χ3v) is 3.14. The van der Waals surface area contributed by atoms with E-state index in [9.17, 15) is 0 Å². The van der Waals surface area contributed by atoms with Crippen LogP contribution in [0.3, 0.4) is 0 Å². The highest BCUT2D eigenvalue weighted by molar-refractivity contribution is 5.47. The normalized spacial score (nSPS) is 10.5. The minimum atomic E-state index is 0.537. The van der Waals surface area contributed by atoms with Crippen LogP contribution >= 0.6 is 0 Å². The quantitative estimate of drug-likeness (QED) is 0.764. The first-order valence-corrected chi connectivity index (χ1v) is 7.86. The van der Waals surface area contributed by atoms with Gasteiger partial charge in [-0.1, -0.05) is 26.0 Å². The SMILES string of the molecule is CCOc1cccc(CNc2ccc(OCC(C)C)cc2)c1. The van der Waals surface area contributed by atoms with Crippen LogP contribution in [0.2, 0.25) is 0 Å². The van der Waals surface area contributed by atoms with Crippen molar-refractivity contribution >= 4 is 5.69 Å². The zero-order valence-electron chi connectivity index (χ0n) is 13.6. The Morgan fingerprint density at radius 3 is 2.41 bits per heavy atom. The van der Waals surface area contributed by atoms with Crippen molar-refractivity contribution in [3.63, 3.8) is 0 Å². The van der Waals surface area contributed by atoms with Crippen LogP contribution in [0.25, 0.3) is 0 Å². The predicted octanol–water partition coefficient (Wildman–Crippen LogP) is 4.73. The average molecular weight is 299 g/mol. The highest BCUT2D eigenvalue weighted by Gasteiger charge is 1.99. The van der Waals surface area contributed by atoms with E-state index in [0.717, 1.165) is 30.3 Å². The fourth-order valence-corrected chi connectivity index (χ4v) is 2.05. The van der Waals surface area contributed by atoms with Gasteiger partial charge in [-0.3, -0.25) is 0 Å². The number of anilines is 1. The largest absolute Gasteiger partial charge is 0.494 e. The molecule has 0 atom stereocenters. The molecule has 0 saturated heterocycles. The summed E-state index contributed by atoms with van der Waals surface area (Å²) < 4.78 is 11.2. The van der Waals surface area contributed by atoms with E-state index in [1.807, 2.05) is 43.3 Å². The lowest BCUT2D eigenvalue weighted by Gasteiger charge is -2.11. The zero-order chi connectivity index (χ0) is 15.8. The van der Waals surface area contributed by atoms with Crippen molar-refractivity contribution < 1.29 is 9.47 Å². The van der Waals surface area contributed by atoms with Gasteiger partial charge in [0.2, 0.25) is 0 Å². The van der Waals surface area contributed by atoms with E-state index in [4.69, 9.17) is 9.47 Å². The molecule has 118 valence electrons. The molecular weight excluding hydrogens is 274 g/mol. The lowest BCUT2D eigenvalue weighted by molar-refractivity contribution is 0.271. The van der Waals surface area contributed by atoms with Crippen molar-refractivity contribution in [3.05, 3.63) is 54.1 Å². The van der Waals surface area contributed by atoms with Crippen molar-refractivity contribution in [1.82, 2.24) is 0 Å². The highest BCUT2D eigenvalue weighted by Crippen LogP contribution is 2.18. The van der Waals surface area contributed by atoms with Gasteiger partial charge in [-0.15, -0.1) is 0 Å². The Morgan fingerprint density at radius 1 is 0.955 bits per heavy atom. The van der Waals surface area contributed by atoms with Crippen LogP contribution in [0.15, 0.2) is 48.5 Å². The van der Waals surface area contributed by atoms with E-state index in [2.05, 4.69) is 31.3 Å². The van der Waals surface area contributed by atoms with Crippen LogP contribution < -0.4 is 14.8 Å². The molecule has 0 fully saturated rings. The number of nitrogens with one attached hydrogen (secondary N) is 1. The molecule has 0 heterocycles. The van der Waals surface area contributed by atoms with Crippen LogP contribution in [0.5, 0.6) is 11.5 Å². The lowest BCUT2D eigenvalue weighted by atomic mass is 10.2. The van der Waals surface area contributed by atoms with Gasteiger partial charge < -0.3 is 14.8 Å². The molecule has 2 rings (SSSR count). The Balaban J connectivity index is 1.87. The molecular formula is C19H25NO2. The molecule has 0 aliphatic heterocycles. The van der Waals surface area contributed by atoms with Crippen molar-refractivity contribution in [1.29, 1.82) is 0 Å². The molecule has 3 nitrogen and oxygen atoms in total. The molecule has 0 radical (unpaired) electrons. The second kappa shape index (κ2) is 8.32. The molecule has 3 heteroatoms. The molecule has 22 heavy (non-hydrogen) atoms. The molecule has 0 aliphatic carbocycles. The van der Waals surface area contributed by atoms with Crippen LogP contribution in [-0.4, -0.2) is 13.2 Å². The van der Waals surface area contributed by atoms with Crippen molar-refractivity contribution in [2.24, 2.45) is 5.92 Å². The molecule has 2 aromatic rings. The van der Waals surface area contributed by atoms with Gasteiger partial charge in [0.25, 0.3) is 0 Å². The van der Waals surface area contributed by atoms with E-state index in [1.165, 1.54) is 5.56 Å². The Hall–Kier alpha value is -2.16. The number of ether oxygens (including phenoxy) is 2. The van der Waals surface area contributed by atoms with Gasteiger partial charge in [-0.25, -0.2) is 0 Å². The molecule has 0 aliphatic rings. The van der Waals surface area contributed by atoms with E-state index < -0.39 is 0 Å². The first-order chi connectivity index (χ1) is 10.7. The maximum Gasteiger partial charge on any atom is 0.119 e. The van der Waals surface area contributed by atoms with E-state index in [1.54, 1.807) is 0 Å². The number of benzene rings is 2. The van der Waals surface area contributed by atoms with Crippen LogP contribution in [0, 0.1) is 5.92 Å². The van der Waals surface area contributed by atoms with Gasteiger partial charge in [-0.2, -0.15) is 0 Å². The Kier molecular flexibility index (Phi) is 6.13. The monoisotopic (exact) mass is 299 g/mol. The highest BCUT2D eigenvalue weighted by atomic mass is 16.5. The van der Waals surface area contributed by atoms with Crippen molar-refractivity contribution in [3.8, 4) is 11.5 Å². The maximum absolute atomic E-state index is 5.68. The third kappa shape index (κ3) is 5.32. The minimum Gasteiger partial charge on any atom is -0.494 e. The smallest absolute Gasteiger partial charge is 0.119 e. The molecule has 0 aromatic heterocycles. The van der Waals surface area contributed by atoms with Gasteiger partial charge in [0.15, 0.2) is 0 Å². The van der Waals surface area contributed by atoms with Crippen LogP contribution in [0.1, 0.15) is 26.3 Å². The first-order valence-electron chi connectivity index (χ1n) is 7.86. The number of rotatable bonds is 8. The third-order valence-electron chi connectivity index (χ3n) is 3.14. The van der Waals surface area contributed by atoms with E-state index in [0.29, 0.717) is 12.5 Å². The molecule has 0 unspecified atom stereocenters. The summed E-state index contributed by atoms with van der Waals surface area (Å²) in [4.78, 5) is 0. The summed E-state index contributed by atoms with van der Waals surface area (Å²) in [6.07, 6.45) is 0. The zero-order valence-corrected chi connectivity index (χ0v) is 13.6. The Labute approximate surface area is 133 Å². The Morgan fingerprint density at radius 2 is 1.73 bits per heavy atom. The summed E-state index contributed by atoms with van der Waals surface area (Å²) >= 11 is 0. The number of hydrogen-bond acceptors (Lipinski definition) is 3. The summed E-state index contributed by atoms with van der Waals surface area (Å²) in [5.41, 5.74) is 2.28. The van der Waals surface area contributed by atoms with Crippen LogP contribution in [0.4, 0.5) is 5.69 Å². The number of hydrogen-bond donors (Lipinski definition) is 1. The topological polar surface area (TPSA) is 30.5 Å². The second-order valence-corrected chi connectivity index (χ2v) is 5.66. The Bertz CT molecular complexity index is 564. The summed E-state index contributed by atoms with van der Waals surface area (Å²) in [7, 11) is 0. The molecule has 0 amide bonds. The van der Waals surface area contributed by atoms with Crippen molar-refractivity contribution in [2.45, 2.75) is 27.3 Å². The summed E-state index contributed by atoms with van der Waals surface area (Å²) in [6, 6.07) is 16.2. The van der Waals surface area contributed by atoms with Gasteiger partial charge in [-0.05, 0) is 54.8 Å². The molecule has 0 spiro atoms. The average Bonchev–Trinajstić information content (AvgIpc) is 2.53. The fraction of sp³-hybridized carbons (Fsp3) is 0.368. The molecule has 1 N–H and O–H groups in total. The van der Waals surface area contributed by atoms with Crippen LogP contribution in [-0.2, 0) is 6.54 Å². The summed E-state index contributed by atoms with van der Waals surface area (Å²) in [5, 5.41) is 3.41. The first kappa shape index (κ1) is 16.2. The second-order valence-electron chi connectivity index (χ2n) is 5.66. The maximum atomic E-state index is 5.68. The lowest BCUT2D eigenvalue weighted by Crippen LogP contribution is -2.04. The van der Waals surface area contributed by atoms with E-state index >= 15 is 0 Å². The standard InChI is InChI=1S/C19H25NO2/c1-4-21-19-7-5-6-16(12-19)13-20-17-8-10-18(11-9-17)22-14-15(2)3/h5-12,15,20H,4,13-14H2,1-3H3. The van der Waals surface area contributed by atoms with Gasteiger partial charge in [0, 0.05) is 12.2 Å². The summed E-state index contributed by atoms with van der Waals surface area (Å²) in [5.74, 6) is 2.37. The van der Waals surface area contributed by atoms with Gasteiger partial charge >= 0.3 is 0 Å². The minimum absolute atomic E-state index is 0.537. The molecule has 2 aromatic carbocycles. The van der Waals surface area contributed by atoms with Gasteiger partial charge in [0.1, 0.15) is 11.5 Å².